The van der Waals surface area contributed by atoms with Gasteiger partial charge in [-0.1, -0.05) is 104 Å². The second-order valence-corrected chi connectivity index (χ2v) is 7.69. The van der Waals surface area contributed by atoms with Crippen LogP contribution < -0.4 is 0 Å². The van der Waals surface area contributed by atoms with Crippen LogP contribution in [0.2, 0.25) is 0 Å². The van der Waals surface area contributed by atoms with Gasteiger partial charge in [-0.2, -0.15) is 0 Å². The van der Waals surface area contributed by atoms with E-state index < -0.39 is 5.54 Å². The van der Waals surface area contributed by atoms with E-state index >= 15 is 0 Å². The summed E-state index contributed by atoms with van der Waals surface area (Å²) in [4.78, 5) is 2.57. The van der Waals surface area contributed by atoms with Crippen LogP contribution in [0.25, 0.3) is 0 Å². The standard InChI is InChI=1S/C26H29NO/c28-21-25-19-11-4-12-20-27(25)26(22-13-5-1-6-14-22,23-15-7-2-8-16-23)24-17-9-3-10-18-24/h1-3,5-10,13-18,25,28H,4,11-12,19-21H2/t25-/m1/s1. The average molecular weight is 372 g/mol. The first-order chi connectivity index (χ1) is 13.9. The van der Waals surface area contributed by atoms with Gasteiger partial charge in [-0.15, -0.1) is 0 Å². The minimum absolute atomic E-state index is 0.142. The van der Waals surface area contributed by atoms with Crippen LogP contribution in [-0.4, -0.2) is 29.2 Å². The van der Waals surface area contributed by atoms with Crippen LogP contribution in [0.5, 0.6) is 0 Å². The molecule has 1 saturated heterocycles. The Morgan fingerprint density at radius 1 is 0.679 bits per heavy atom. The average Bonchev–Trinajstić information content (AvgIpc) is 3.03. The van der Waals surface area contributed by atoms with Crippen LogP contribution >= 0.6 is 0 Å². The normalized spacial score (nSPS) is 18.5. The van der Waals surface area contributed by atoms with Crippen molar-refractivity contribution in [1.82, 2.24) is 4.90 Å². The molecule has 144 valence electrons. The van der Waals surface area contributed by atoms with Crippen molar-refractivity contribution in [2.75, 3.05) is 13.2 Å². The summed E-state index contributed by atoms with van der Waals surface area (Å²) in [6.45, 7) is 1.16. The van der Waals surface area contributed by atoms with Crippen molar-refractivity contribution in [2.45, 2.75) is 37.3 Å². The van der Waals surface area contributed by atoms with Crippen LogP contribution in [0.3, 0.4) is 0 Å². The van der Waals surface area contributed by atoms with E-state index in [1.165, 1.54) is 29.5 Å². The lowest BCUT2D eigenvalue weighted by Crippen LogP contribution is -2.54. The molecule has 0 spiro atoms. The zero-order valence-corrected chi connectivity index (χ0v) is 16.4. The molecule has 3 aromatic carbocycles. The van der Waals surface area contributed by atoms with Gasteiger partial charge in [0.15, 0.2) is 0 Å². The molecule has 1 aliphatic heterocycles. The number of hydrogen-bond acceptors (Lipinski definition) is 2. The van der Waals surface area contributed by atoms with Gasteiger partial charge in [-0.25, -0.2) is 0 Å². The fourth-order valence-corrected chi connectivity index (χ4v) is 4.84. The van der Waals surface area contributed by atoms with E-state index in [-0.39, 0.29) is 12.6 Å². The van der Waals surface area contributed by atoms with Gasteiger partial charge in [0.1, 0.15) is 0 Å². The van der Waals surface area contributed by atoms with Gasteiger partial charge in [-0.05, 0) is 29.5 Å². The number of aliphatic hydroxyl groups is 1. The van der Waals surface area contributed by atoms with Gasteiger partial charge >= 0.3 is 0 Å². The fourth-order valence-electron chi connectivity index (χ4n) is 4.84. The Morgan fingerprint density at radius 3 is 1.57 bits per heavy atom. The molecular weight excluding hydrogens is 342 g/mol. The lowest BCUT2D eigenvalue weighted by Gasteiger charge is -2.48. The molecule has 0 radical (unpaired) electrons. The molecule has 28 heavy (non-hydrogen) atoms. The highest BCUT2D eigenvalue weighted by atomic mass is 16.3. The van der Waals surface area contributed by atoms with Crippen molar-refractivity contribution < 1.29 is 5.11 Å². The summed E-state index contributed by atoms with van der Waals surface area (Å²) >= 11 is 0. The second kappa shape index (κ2) is 8.72. The molecule has 1 fully saturated rings. The molecule has 1 atom stereocenters. The van der Waals surface area contributed by atoms with Gasteiger partial charge in [0.2, 0.25) is 0 Å². The lowest BCUT2D eigenvalue weighted by molar-refractivity contribution is 0.0597. The van der Waals surface area contributed by atoms with Crippen LogP contribution in [-0.2, 0) is 5.54 Å². The molecule has 0 saturated carbocycles. The van der Waals surface area contributed by atoms with Gasteiger partial charge < -0.3 is 5.11 Å². The zero-order chi connectivity index (χ0) is 19.2. The second-order valence-electron chi connectivity index (χ2n) is 7.69. The molecule has 2 nitrogen and oxygen atoms in total. The Bertz CT molecular complexity index is 751. The summed E-state index contributed by atoms with van der Waals surface area (Å²) in [5.41, 5.74) is 3.36. The first-order valence-corrected chi connectivity index (χ1v) is 10.4. The molecule has 1 aliphatic rings. The summed E-state index contributed by atoms with van der Waals surface area (Å²) < 4.78 is 0. The van der Waals surface area contributed by atoms with E-state index in [2.05, 4.69) is 95.9 Å². The van der Waals surface area contributed by atoms with Gasteiger partial charge in [0.25, 0.3) is 0 Å². The maximum absolute atomic E-state index is 10.3. The number of aliphatic hydroxyl groups excluding tert-OH is 1. The molecule has 0 unspecified atom stereocenters. The van der Waals surface area contributed by atoms with Crippen molar-refractivity contribution >= 4 is 0 Å². The molecule has 0 amide bonds. The molecule has 1 N–H and O–H groups in total. The largest absolute Gasteiger partial charge is 0.395 e. The highest BCUT2D eigenvalue weighted by molar-refractivity contribution is 5.49. The van der Waals surface area contributed by atoms with Gasteiger partial charge in [0, 0.05) is 12.6 Å². The number of benzene rings is 3. The molecule has 4 rings (SSSR count). The molecule has 2 heteroatoms. The fraction of sp³-hybridized carbons (Fsp3) is 0.308. The van der Waals surface area contributed by atoms with Gasteiger partial charge in [0.05, 0.1) is 12.1 Å². The van der Waals surface area contributed by atoms with Crippen molar-refractivity contribution in [3.8, 4) is 0 Å². The van der Waals surface area contributed by atoms with Gasteiger partial charge in [-0.3, -0.25) is 4.90 Å². The van der Waals surface area contributed by atoms with Crippen LogP contribution in [0.4, 0.5) is 0 Å². The van der Waals surface area contributed by atoms with Crippen LogP contribution in [0.1, 0.15) is 42.4 Å². The Kier molecular flexibility index (Phi) is 5.90. The van der Waals surface area contributed by atoms with Crippen molar-refractivity contribution in [1.29, 1.82) is 0 Å². The molecular formula is C26H29NO. The van der Waals surface area contributed by atoms with E-state index in [9.17, 15) is 5.11 Å². The van der Waals surface area contributed by atoms with E-state index in [4.69, 9.17) is 0 Å². The maximum atomic E-state index is 10.3. The summed E-state index contributed by atoms with van der Waals surface area (Å²) in [5, 5.41) is 10.3. The third-order valence-corrected chi connectivity index (χ3v) is 6.09. The lowest BCUT2D eigenvalue weighted by atomic mass is 9.74. The molecule has 0 aliphatic carbocycles. The first-order valence-electron chi connectivity index (χ1n) is 10.4. The summed E-state index contributed by atoms with van der Waals surface area (Å²) in [6.07, 6.45) is 4.59. The Labute approximate surface area is 168 Å². The number of rotatable bonds is 5. The first kappa shape index (κ1) is 18.9. The minimum Gasteiger partial charge on any atom is -0.395 e. The van der Waals surface area contributed by atoms with Crippen molar-refractivity contribution in [2.24, 2.45) is 0 Å². The zero-order valence-electron chi connectivity index (χ0n) is 16.4. The molecule has 0 bridgehead atoms. The van der Waals surface area contributed by atoms with E-state index in [1.807, 2.05) is 0 Å². The van der Waals surface area contributed by atoms with E-state index in [0.29, 0.717) is 0 Å². The van der Waals surface area contributed by atoms with E-state index in [0.717, 1.165) is 19.4 Å². The van der Waals surface area contributed by atoms with Crippen molar-refractivity contribution in [3.05, 3.63) is 108 Å². The predicted molar refractivity (Wildman–Crippen MR) is 115 cm³/mol. The summed E-state index contributed by atoms with van der Waals surface area (Å²) in [6, 6.07) is 32.6. The maximum Gasteiger partial charge on any atom is 0.0976 e. The smallest absolute Gasteiger partial charge is 0.0976 e. The summed E-state index contributed by atoms with van der Waals surface area (Å²) in [7, 11) is 0. The van der Waals surface area contributed by atoms with Crippen LogP contribution in [0, 0.1) is 0 Å². The molecule has 3 aromatic rings. The Hall–Kier alpha value is -2.42. The number of hydrogen-bond donors (Lipinski definition) is 1. The third kappa shape index (κ3) is 3.39. The number of nitrogens with zero attached hydrogens (tertiary/aromatic N) is 1. The van der Waals surface area contributed by atoms with E-state index in [1.54, 1.807) is 0 Å². The topological polar surface area (TPSA) is 23.5 Å². The third-order valence-electron chi connectivity index (χ3n) is 6.09. The molecule has 1 heterocycles. The SMILES string of the molecule is OC[C@H]1CCCCCN1C(c1ccccc1)(c1ccccc1)c1ccccc1. The molecule has 0 aromatic heterocycles. The minimum atomic E-state index is -0.415. The summed E-state index contributed by atoms with van der Waals surface area (Å²) in [5.74, 6) is 0. The number of likely N-dealkylation sites (tertiary alicyclic amines) is 1. The highest BCUT2D eigenvalue weighted by Gasteiger charge is 2.44. The monoisotopic (exact) mass is 371 g/mol. The highest BCUT2D eigenvalue weighted by Crippen LogP contribution is 2.44. The quantitative estimate of drug-likeness (QED) is 0.622. The van der Waals surface area contributed by atoms with Crippen molar-refractivity contribution in [3.63, 3.8) is 0 Å². The Balaban J connectivity index is 2.03. The predicted octanol–water partition coefficient (Wildman–Crippen LogP) is 5.22. The van der Waals surface area contributed by atoms with Crippen LogP contribution in [0.15, 0.2) is 91.0 Å². The Morgan fingerprint density at radius 2 is 1.14 bits per heavy atom.